The van der Waals surface area contributed by atoms with Crippen LogP contribution in [0.1, 0.15) is 26.7 Å². The molecule has 2 unspecified atom stereocenters. The van der Waals surface area contributed by atoms with Gasteiger partial charge in [0.15, 0.2) is 0 Å². The van der Waals surface area contributed by atoms with E-state index in [1.54, 1.807) is 6.07 Å². The fourth-order valence-corrected chi connectivity index (χ4v) is 4.64. The first-order chi connectivity index (χ1) is 8.82. The summed E-state index contributed by atoms with van der Waals surface area (Å²) in [6.45, 7) is 4.62. The molecule has 2 atom stereocenters. The predicted octanol–water partition coefficient (Wildman–Crippen LogP) is 2.73. The lowest BCUT2D eigenvalue weighted by molar-refractivity contribution is 0.220. The van der Waals surface area contributed by atoms with Gasteiger partial charge in [-0.15, -0.1) is 0 Å². The summed E-state index contributed by atoms with van der Waals surface area (Å²) < 4.78 is 26.9. The van der Waals surface area contributed by atoms with Gasteiger partial charge in [0.1, 0.15) is 4.90 Å². The zero-order valence-corrected chi connectivity index (χ0v) is 12.7. The molecule has 106 valence electrons. The van der Waals surface area contributed by atoms with E-state index in [-0.39, 0.29) is 16.6 Å². The van der Waals surface area contributed by atoms with Gasteiger partial charge in [0, 0.05) is 17.6 Å². The van der Waals surface area contributed by atoms with E-state index in [9.17, 15) is 8.42 Å². The minimum Gasteiger partial charge on any atom is -0.398 e. The molecule has 4 nitrogen and oxygen atoms in total. The third-order valence-electron chi connectivity index (χ3n) is 3.64. The van der Waals surface area contributed by atoms with Crippen LogP contribution in [0.2, 0.25) is 5.02 Å². The fraction of sp³-hybridized carbons (Fsp3) is 0.538. The summed E-state index contributed by atoms with van der Waals surface area (Å²) in [4.78, 5) is 0.112. The van der Waals surface area contributed by atoms with Crippen molar-refractivity contribution in [3.8, 4) is 0 Å². The van der Waals surface area contributed by atoms with Gasteiger partial charge in [-0.1, -0.05) is 18.5 Å². The van der Waals surface area contributed by atoms with Crippen molar-refractivity contribution in [2.45, 2.75) is 37.6 Å². The number of nitrogens with zero attached hydrogens (tertiary/aromatic N) is 1. The van der Waals surface area contributed by atoms with Crippen LogP contribution in [0.15, 0.2) is 23.1 Å². The molecule has 1 aromatic carbocycles. The Morgan fingerprint density at radius 3 is 2.68 bits per heavy atom. The molecule has 0 saturated carbocycles. The quantitative estimate of drug-likeness (QED) is 0.854. The summed E-state index contributed by atoms with van der Waals surface area (Å²) in [5.74, 6) is 0.554. The van der Waals surface area contributed by atoms with Gasteiger partial charge in [-0.3, -0.25) is 0 Å². The molecule has 1 aliphatic rings. The van der Waals surface area contributed by atoms with Gasteiger partial charge in [0.05, 0.1) is 5.69 Å². The molecule has 0 aliphatic carbocycles. The maximum absolute atomic E-state index is 12.7. The van der Waals surface area contributed by atoms with Gasteiger partial charge >= 0.3 is 0 Å². The van der Waals surface area contributed by atoms with Gasteiger partial charge in [-0.2, -0.15) is 4.31 Å². The van der Waals surface area contributed by atoms with E-state index in [0.29, 0.717) is 17.5 Å². The first-order valence-corrected chi connectivity index (χ1v) is 8.21. The van der Waals surface area contributed by atoms with Crippen molar-refractivity contribution in [3.05, 3.63) is 23.2 Å². The molecule has 0 amide bonds. The molecule has 1 saturated heterocycles. The molecular weight excluding hydrogens is 284 g/mol. The Morgan fingerprint density at radius 1 is 1.37 bits per heavy atom. The number of nitrogen functional groups attached to an aromatic ring is 1. The second kappa shape index (κ2) is 5.31. The molecule has 0 bridgehead atoms. The summed E-state index contributed by atoms with van der Waals surface area (Å²) in [7, 11) is -3.56. The Morgan fingerprint density at radius 2 is 2.05 bits per heavy atom. The lowest BCUT2D eigenvalue weighted by atomic mass is 9.95. The summed E-state index contributed by atoms with van der Waals surface area (Å²) >= 11 is 5.88. The molecule has 0 spiro atoms. The topological polar surface area (TPSA) is 63.4 Å². The maximum atomic E-state index is 12.7. The molecule has 6 heteroatoms. The van der Waals surface area contributed by atoms with Crippen LogP contribution in [-0.4, -0.2) is 25.3 Å². The Balaban J connectivity index is 2.39. The number of piperidine rings is 1. The predicted molar refractivity (Wildman–Crippen MR) is 77.6 cm³/mol. The van der Waals surface area contributed by atoms with E-state index in [4.69, 9.17) is 17.3 Å². The van der Waals surface area contributed by atoms with Crippen LogP contribution in [0, 0.1) is 5.92 Å². The smallest absolute Gasteiger partial charge is 0.245 e. The van der Waals surface area contributed by atoms with Crippen molar-refractivity contribution >= 4 is 27.3 Å². The zero-order chi connectivity index (χ0) is 14.2. The highest BCUT2D eigenvalue weighted by Crippen LogP contribution is 2.31. The zero-order valence-electron chi connectivity index (χ0n) is 11.1. The summed E-state index contributed by atoms with van der Waals surface area (Å²) in [5, 5.41) is 0.380. The summed E-state index contributed by atoms with van der Waals surface area (Å²) in [6.07, 6.45) is 1.75. The first kappa shape index (κ1) is 14.6. The highest BCUT2D eigenvalue weighted by molar-refractivity contribution is 7.89. The van der Waals surface area contributed by atoms with Crippen molar-refractivity contribution in [2.75, 3.05) is 12.3 Å². The number of rotatable bonds is 2. The molecule has 2 N–H and O–H groups in total. The van der Waals surface area contributed by atoms with Crippen LogP contribution < -0.4 is 5.73 Å². The molecular formula is C13H19ClN2O2S. The Bertz CT molecular complexity index is 574. The van der Waals surface area contributed by atoms with E-state index in [0.717, 1.165) is 12.8 Å². The molecule has 0 radical (unpaired) electrons. The van der Waals surface area contributed by atoms with E-state index in [2.05, 4.69) is 6.92 Å². The molecule has 1 fully saturated rings. The number of anilines is 1. The van der Waals surface area contributed by atoms with Crippen molar-refractivity contribution in [2.24, 2.45) is 5.92 Å². The SMILES string of the molecule is CC1CCN(S(=O)(=O)c2cc(Cl)ccc2N)C(C)C1. The van der Waals surface area contributed by atoms with Crippen LogP contribution in [0.25, 0.3) is 0 Å². The average molecular weight is 303 g/mol. The van der Waals surface area contributed by atoms with E-state index in [1.807, 2.05) is 6.92 Å². The fourth-order valence-electron chi connectivity index (χ4n) is 2.60. The van der Waals surface area contributed by atoms with Gasteiger partial charge < -0.3 is 5.73 Å². The molecule has 1 aromatic rings. The van der Waals surface area contributed by atoms with Crippen molar-refractivity contribution < 1.29 is 8.42 Å². The highest BCUT2D eigenvalue weighted by atomic mass is 35.5. The largest absolute Gasteiger partial charge is 0.398 e. The van der Waals surface area contributed by atoms with E-state index >= 15 is 0 Å². The highest BCUT2D eigenvalue weighted by Gasteiger charge is 2.34. The van der Waals surface area contributed by atoms with Gasteiger partial charge in [-0.25, -0.2) is 8.42 Å². The van der Waals surface area contributed by atoms with Crippen molar-refractivity contribution in [3.63, 3.8) is 0 Å². The number of benzene rings is 1. The van der Waals surface area contributed by atoms with Gasteiger partial charge in [-0.05, 0) is 43.9 Å². The lowest BCUT2D eigenvalue weighted by Crippen LogP contribution is -2.44. The second-order valence-corrected chi connectivity index (χ2v) is 7.57. The Kier molecular flexibility index (Phi) is 4.08. The van der Waals surface area contributed by atoms with Crippen LogP contribution in [0.4, 0.5) is 5.69 Å². The molecule has 19 heavy (non-hydrogen) atoms. The third kappa shape index (κ3) is 2.88. The standard InChI is InChI=1S/C13H19ClN2O2S/c1-9-5-6-16(10(2)7-9)19(17,18)13-8-11(14)3-4-12(13)15/h3-4,8-10H,5-7,15H2,1-2H3. The van der Waals surface area contributed by atoms with Gasteiger partial charge in [0.2, 0.25) is 10.0 Å². The molecule has 2 rings (SSSR count). The number of hydrogen-bond donors (Lipinski definition) is 1. The van der Waals surface area contributed by atoms with Crippen LogP contribution in [0.3, 0.4) is 0 Å². The molecule has 1 aliphatic heterocycles. The second-order valence-electron chi connectivity index (χ2n) is 5.28. The average Bonchev–Trinajstić information content (AvgIpc) is 2.31. The van der Waals surface area contributed by atoms with Crippen LogP contribution in [-0.2, 0) is 10.0 Å². The lowest BCUT2D eigenvalue weighted by Gasteiger charge is -2.35. The molecule has 1 heterocycles. The normalized spacial score (nSPS) is 25.4. The van der Waals surface area contributed by atoms with Crippen molar-refractivity contribution in [1.29, 1.82) is 0 Å². The van der Waals surface area contributed by atoms with Gasteiger partial charge in [0.25, 0.3) is 0 Å². The number of nitrogens with two attached hydrogens (primary N) is 1. The van der Waals surface area contributed by atoms with E-state index in [1.165, 1.54) is 16.4 Å². The van der Waals surface area contributed by atoms with Crippen molar-refractivity contribution in [1.82, 2.24) is 4.31 Å². The Labute approximate surface area is 119 Å². The number of hydrogen-bond acceptors (Lipinski definition) is 3. The van der Waals surface area contributed by atoms with E-state index < -0.39 is 10.0 Å². The minimum atomic E-state index is -3.56. The monoisotopic (exact) mass is 302 g/mol. The van der Waals surface area contributed by atoms with Crippen LogP contribution in [0.5, 0.6) is 0 Å². The number of halogens is 1. The molecule has 0 aromatic heterocycles. The summed E-state index contributed by atoms with van der Waals surface area (Å²) in [6, 6.07) is 4.55. The Hall–Kier alpha value is -0.780. The minimum absolute atomic E-state index is 0.00729. The van der Waals surface area contributed by atoms with Crippen LogP contribution >= 0.6 is 11.6 Å². The first-order valence-electron chi connectivity index (χ1n) is 6.39. The maximum Gasteiger partial charge on any atom is 0.245 e. The number of sulfonamides is 1. The third-order valence-corrected chi connectivity index (χ3v) is 5.94. The summed E-state index contributed by atoms with van der Waals surface area (Å²) in [5.41, 5.74) is 6.04.